The maximum Gasteiger partial charge on any atom is 0.249 e. The molecular weight excluding hydrogens is 229 g/mol. The maximum absolute atomic E-state index is 13.9. The molecule has 1 amide bonds. The molecule has 1 atom stereocenters. The number of hydrogen-bond donors (Lipinski definition) is 1. The number of primary amides is 1. The van der Waals surface area contributed by atoms with Gasteiger partial charge in [0.15, 0.2) is 0 Å². The Morgan fingerprint density at radius 3 is 2.44 bits per heavy atom. The van der Waals surface area contributed by atoms with E-state index in [0.717, 1.165) is 24.8 Å². The molecule has 0 saturated carbocycles. The van der Waals surface area contributed by atoms with Crippen LogP contribution in [-0.4, -0.2) is 5.91 Å². The van der Waals surface area contributed by atoms with Crippen molar-refractivity contribution in [3.8, 4) is 0 Å². The van der Waals surface area contributed by atoms with Crippen molar-refractivity contribution in [3.05, 3.63) is 34.6 Å². The van der Waals surface area contributed by atoms with Crippen molar-refractivity contribution in [2.45, 2.75) is 52.4 Å². The summed E-state index contributed by atoms with van der Waals surface area (Å²) in [7, 11) is 0. The Morgan fingerprint density at radius 1 is 1.33 bits per heavy atom. The molecule has 1 unspecified atom stereocenters. The molecule has 0 heterocycles. The van der Waals surface area contributed by atoms with Gasteiger partial charge in [-0.05, 0) is 48.4 Å². The second-order valence-electron chi connectivity index (χ2n) is 4.60. The molecule has 2 nitrogen and oxygen atoms in total. The number of carbonyl (C=O) groups is 1. The standard InChI is InChI=1S/C15H22FNO/c1-4-7-10(5-2)14-11(6-3)13(16)9-8-12(14)15(17)18/h8-10H,4-7H2,1-3H3,(H2,17,18). The fourth-order valence-corrected chi connectivity index (χ4v) is 2.58. The first-order valence-electron chi connectivity index (χ1n) is 6.67. The Hall–Kier alpha value is -1.38. The predicted octanol–water partition coefficient (Wildman–Crippen LogP) is 3.78. The molecule has 2 N–H and O–H groups in total. The zero-order chi connectivity index (χ0) is 13.7. The Kier molecular flexibility index (Phi) is 5.32. The van der Waals surface area contributed by atoms with Crippen molar-refractivity contribution >= 4 is 5.91 Å². The van der Waals surface area contributed by atoms with Crippen LogP contribution in [0.4, 0.5) is 4.39 Å². The molecule has 0 aliphatic carbocycles. The second-order valence-corrected chi connectivity index (χ2v) is 4.60. The highest BCUT2D eigenvalue weighted by atomic mass is 19.1. The van der Waals surface area contributed by atoms with Gasteiger partial charge in [0, 0.05) is 5.56 Å². The van der Waals surface area contributed by atoms with Crippen LogP contribution in [0.2, 0.25) is 0 Å². The van der Waals surface area contributed by atoms with Gasteiger partial charge in [0.1, 0.15) is 5.82 Å². The Balaban J connectivity index is 3.43. The fraction of sp³-hybridized carbons (Fsp3) is 0.533. The first-order valence-corrected chi connectivity index (χ1v) is 6.67. The van der Waals surface area contributed by atoms with Crippen molar-refractivity contribution in [2.24, 2.45) is 5.73 Å². The summed E-state index contributed by atoms with van der Waals surface area (Å²) in [5.41, 5.74) is 7.37. The number of halogens is 1. The summed E-state index contributed by atoms with van der Waals surface area (Å²) < 4.78 is 13.9. The molecule has 0 aromatic heterocycles. The van der Waals surface area contributed by atoms with Gasteiger partial charge in [-0.2, -0.15) is 0 Å². The number of amides is 1. The lowest BCUT2D eigenvalue weighted by atomic mass is 9.84. The minimum atomic E-state index is -0.464. The van der Waals surface area contributed by atoms with E-state index in [1.807, 2.05) is 6.92 Å². The third-order valence-electron chi connectivity index (χ3n) is 3.46. The number of hydrogen-bond acceptors (Lipinski definition) is 1. The van der Waals surface area contributed by atoms with E-state index in [4.69, 9.17) is 5.73 Å². The number of rotatable bonds is 6. The summed E-state index contributed by atoms with van der Waals surface area (Å²) in [6, 6.07) is 2.87. The fourth-order valence-electron chi connectivity index (χ4n) is 2.58. The first-order chi connectivity index (χ1) is 8.56. The van der Waals surface area contributed by atoms with Crippen molar-refractivity contribution in [1.29, 1.82) is 0 Å². The normalized spacial score (nSPS) is 12.4. The van der Waals surface area contributed by atoms with Gasteiger partial charge in [-0.25, -0.2) is 4.39 Å². The molecule has 0 radical (unpaired) electrons. The highest BCUT2D eigenvalue weighted by molar-refractivity contribution is 5.95. The van der Waals surface area contributed by atoms with Crippen molar-refractivity contribution < 1.29 is 9.18 Å². The molecule has 18 heavy (non-hydrogen) atoms. The molecule has 0 saturated heterocycles. The third-order valence-corrected chi connectivity index (χ3v) is 3.46. The van der Waals surface area contributed by atoms with Crippen LogP contribution in [0.3, 0.4) is 0 Å². The van der Waals surface area contributed by atoms with Crippen LogP contribution in [0.25, 0.3) is 0 Å². The van der Waals surface area contributed by atoms with E-state index < -0.39 is 5.91 Å². The first kappa shape index (κ1) is 14.7. The van der Waals surface area contributed by atoms with Gasteiger partial charge in [-0.15, -0.1) is 0 Å². The van der Waals surface area contributed by atoms with E-state index in [1.165, 1.54) is 12.1 Å². The average Bonchev–Trinajstić information content (AvgIpc) is 2.35. The van der Waals surface area contributed by atoms with Crippen LogP contribution in [0.15, 0.2) is 12.1 Å². The maximum atomic E-state index is 13.9. The highest BCUT2D eigenvalue weighted by Gasteiger charge is 2.21. The van der Waals surface area contributed by atoms with Gasteiger partial charge in [-0.1, -0.05) is 27.2 Å². The van der Waals surface area contributed by atoms with Crippen LogP contribution < -0.4 is 5.73 Å². The summed E-state index contributed by atoms with van der Waals surface area (Å²) >= 11 is 0. The molecule has 100 valence electrons. The van der Waals surface area contributed by atoms with E-state index in [-0.39, 0.29) is 11.7 Å². The van der Waals surface area contributed by atoms with E-state index >= 15 is 0 Å². The average molecular weight is 251 g/mol. The van der Waals surface area contributed by atoms with Gasteiger partial charge >= 0.3 is 0 Å². The smallest absolute Gasteiger partial charge is 0.249 e. The summed E-state index contributed by atoms with van der Waals surface area (Å²) in [5.74, 6) is -0.482. The van der Waals surface area contributed by atoms with Gasteiger partial charge in [0.25, 0.3) is 0 Å². The zero-order valence-corrected chi connectivity index (χ0v) is 11.4. The van der Waals surface area contributed by atoms with E-state index in [2.05, 4.69) is 13.8 Å². The Labute approximate surface area is 108 Å². The Bertz CT molecular complexity index is 429. The largest absolute Gasteiger partial charge is 0.366 e. The molecule has 0 fully saturated rings. The zero-order valence-electron chi connectivity index (χ0n) is 11.4. The summed E-state index contributed by atoms with van der Waals surface area (Å²) in [4.78, 5) is 11.5. The number of carbonyl (C=O) groups excluding carboxylic acids is 1. The quantitative estimate of drug-likeness (QED) is 0.821. The third kappa shape index (κ3) is 2.89. The van der Waals surface area contributed by atoms with E-state index in [1.54, 1.807) is 0 Å². The Morgan fingerprint density at radius 2 is 2.00 bits per heavy atom. The molecule has 1 aromatic carbocycles. The van der Waals surface area contributed by atoms with Gasteiger partial charge in [0.05, 0.1) is 0 Å². The number of benzene rings is 1. The molecule has 1 aromatic rings. The summed E-state index contributed by atoms with van der Waals surface area (Å²) in [6.07, 6.45) is 3.44. The van der Waals surface area contributed by atoms with Crippen LogP contribution >= 0.6 is 0 Å². The molecule has 0 bridgehead atoms. The van der Waals surface area contributed by atoms with Crippen LogP contribution in [0.1, 0.15) is 67.4 Å². The molecule has 3 heteroatoms. The van der Waals surface area contributed by atoms with Crippen LogP contribution in [0.5, 0.6) is 0 Å². The van der Waals surface area contributed by atoms with Crippen molar-refractivity contribution in [2.75, 3.05) is 0 Å². The lowest BCUT2D eigenvalue weighted by molar-refractivity contribution is 0.0998. The van der Waals surface area contributed by atoms with Gasteiger partial charge < -0.3 is 5.73 Å². The second kappa shape index (κ2) is 6.53. The minimum Gasteiger partial charge on any atom is -0.366 e. The molecule has 0 aliphatic rings. The summed E-state index contributed by atoms with van der Waals surface area (Å²) in [6.45, 7) is 6.07. The van der Waals surface area contributed by atoms with E-state index in [9.17, 15) is 9.18 Å². The topological polar surface area (TPSA) is 43.1 Å². The van der Waals surface area contributed by atoms with Gasteiger partial charge in [0.2, 0.25) is 5.91 Å². The molecule has 0 spiro atoms. The SMILES string of the molecule is CCCC(CC)c1c(C(N)=O)ccc(F)c1CC. The molecule has 1 rings (SSSR count). The summed E-state index contributed by atoms with van der Waals surface area (Å²) in [5, 5.41) is 0. The van der Waals surface area contributed by atoms with Crippen molar-refractivity contribution in [1.82, 2.24) is 0 Å². The van der Waals surface area contributed by atoms with Crippen LogP contribution in [0, 0.1) is 5.82 Å². The van der Waals surface area contributed by atoms with E-state index in [0.29, 0.717) is 17.5 Å². The van der Waals surface area contributed by atoms with Gasteiger partial charge in [-0.3, -0.25) is 4.79 Å². The monoisotopic (exact) mass is 251 g/mol. The molecular formula is C15H22FNO. The van der Waals surface area contributed by atoms with Crippen molar-refractivity contribution in [3.63, 3.8) is 0 Å². The predicted molar refractivity (Wildman–Crippen MR) is 72.2 cm³/mol. The highest BCUT2D eigenvalue weighted by Crippen LogP contribution is 2.32. The van der Waals surface area contributed by atoms with Crippen LogP contribution in [-0.2, 0) is 6.42 Å². The minimum absolute atomic E-state index is 0.211. The molecule has 0 aliphatic heterocycles. The number of nitrogens with two attached hydrogens (primary N) is 1. The lowest BCUT2D eigenvalue weighted by Gasteiger charge is -2.21. The lowest BCUT2D eigenvalue weighted by Crippen LogP contribution is -2.18.